The highest BCUT2D eigenvalue weighted by Crippen LogP contribution is 2.16. The van der Waals surface area contributed by atoms with Crippen molar-refractivity contribution in [1.29, 1.82) is 0 Å². The summed E-state index contributed by atoms with van der Waals surface area (Å²) in [4.78, 5) is 0. The van der Waals surface area contributed by atoms with Crippen molar-refractivity contribution in [2.45, 2.75) is 26.3 Å². The van der Waals surface area contributed by atoms with Gasteiger partial charge in [0.2, 0.25) is 0 Å². The van der Waals surface area contributed by atoms with Gasteiger partial charge in [0.1, 0.15) is 11.6 Å². The molecule has 0 saturated heterocycles. The third kappa shape index (κ3) is 3.87. The molecule has 0 aromatic heterocycles. The van der Waals surface area contributed by atoms with Crippen LogP contribution in [-0.4, -0.2) is 6.54 Å². The number of hydrogen-bond donors (Lipinski definition) is 1. The fourth-order valence-corrected chi connectivity index (χ4v) is 2.08. The highest BCUT2D eigenvalue weighted by Gasteiger charge is 2.07. The molecular weight excluding hydrogens is 256 g/mol. The number of hydrogen-bond acceptors (Lipinski definition) is 1. The van der Waals surface area contributed by atoms with Crippen molar-refractivity contribution < 1.29 is 8.78 Å². The molecule has 1 N–H and O–H groups in total. The van der Waals surface area contributed by atoms with Crippen LogP contribution in [0.5, 0.6) is 0 Å². The van der Waals surface area contributed by atoms with E-state index in [-0.39, 0.29) is 17.7 Å². The lowest BCUT2D eigenvalue weighted by Crippen LogP contribution is -2.21. The molecule has 2 aromatic rings. The number of nitrogens with one attached hydrogen (secondary N) is 1. The van der Waals surface area contributed by atoms with Crippen molar-refractivity contribution in [2.75, 3.05) is 6.54 Å². The van der Waals surface area contributed by atoms with Crippen molar-refractivity contribution in [3.05, 3.63) is 70.8 Å². The zero-order valence-electron chi connectivity index (χ0n) is 11.8. The van der Waals surface area contributed by atoms with Crippen LogP contribution < -0.4 is 5.32 Å². The van der Waals surface area contributed by atoms with Gasteiger partial charge in [-0.15, -0.1) is 0 Å². The molecule has 0 aliphatic heterocycles. The molecule has 0 amide bonds. The van der Waals surface area contributed by atoms with Crippen molar-refractivity contribution in [1.82, 2.24) is 5.32 Å². The van der Waals surface area contributed by atoms with Crippen molar-refractivity contribution in [3.63, 3.8) is 0 Å². The topological polar surface area (TPSA) is 12.0 Å². The second-order valence-electron chi connectivity index (χ2n) is 5.06. The van der Waals surface area contributed by atoms with Gasteiger partial charge in [-0.05, 0) is 61.7 Å². The first kappa shape index (κ1) is 14.7. The standard InChI is InChI=1S/C17H19F2N/c1-12-3-6-15(11-17(12)19)13(2)20-10-9-14-4-7-16(18)8-5-14/h3-8,11,13,20H,9-10H2,1-2H3. The summed E-state index contributed by atoms with van der Waals surface area (Å²) in [5, 5.41) is 3.35. The summed E-state index contributed by atoms with van der Waals surface area (Å²) in [5.41, 5.74) is 2.68. The summed E-state index contributed by atoms with van der Waals surface area (Å²) in [7, 11) is 0. The third-order valence-corrected chi connectivity index (χ3v) is 3.47. The monoisotopic (exact) mass is 275 g/mol. The van der Waals surface area contributed by atoms with Crippen molar-refractivity contribution in [3.8, 4) is 0 Å². The highest BCUT2D eigenvalue weighted by atomic mass is 19.1. The van der Waals surface area contributed by atoms with Crippen molar-refractivity contribution >= 4 is 0 Å². The van der Waals surface area contributed by atoms with Crippen LogP contribution in [0.4, 0.5) is 8.78 Å². The average molecular weight is 275 g/mol. The first-order valence-corrected chi connectivity index (χ1v) is 6.80. The van der Waals surface area contributed by atoms with Gasteiger partial charge in [-0.25, -0.2) is 8.78 Å². The Morgan fingerprint density at radius 3 is 2.40 bits per heavy atom. The summed E-state index contributed by atoms with van der Waals surface area (Å²) in [5.74, 6) is -0.389. The Bertz CT molecular complexity index is 564. The van der Waals surface area contributed by atoms with Crippen LogP contribution in [0.25, 0.3) is 0 Å². The molecule has 0 heterocycles. The fraction of sp³-hybridized carbons (Fsp3) is 0.294. The zero-order chi connectivity index (χ0) is 14.5. The minimum absolute atomic E-state index is 0.0885. The molecule has 2 rings (SSSR count). The van der Waals surface area contributed by atoms with Crippen LogP contribution >= 0.6 is 0 Å². The van der Waals surface area contributed by atoms with Crippen LogP contribution in [0, 0.1) is 18.6 Å². The molecule has 0 fully saturated rings. The molecule has 0 radical (unpaired) electrons. The lowest BCUT2D eigenvalue weighted by atomic mass is 10.1. The number of halogens is 2. The molecule has 106 valence electrons. The predicted molar refractivity (Wildman–Crippen MR) is 77.7 cm³/mol. The van der Waals surface area contributed by atoms with Crippen LogP contribution in [0.3, 0.4) is 0 Å². The first-order valence-electron chi connectivity index (χ1n) is 6.80. The summed E-state index contributed by atoms with van der Waals surface area (Å²) in [6, 6.07) is 11.9. The van der Waals surface area contributed by atoms with Gasteiger partial charge in [-0.2, -0.15) is 0 Å². The SMILES string of the molecule is Cc1ccc(C(C)NCCc2ccc(F)cc2)cc1F. The highest BCUT2D eigenvalue weighted by molar-refractivity contribution is 5.25. The lowest BCUT2D eigenvalue weighted by Gasteiger charge is -2.15. The fourth-order valence-electron chi connectivity index (χ4n) is 2.08. The van der Waals surface area contributed by atoms with Gasteiger partial charge in [0, 0.05) is 6.04 Å². The number of benzene rings is 2. The van der Waals surface area contributed by atoms with Gasteiger partial charge >= 0.3 is 0 Å². The van der Waals surface area contributed by atoms with E-state index in [1.165, 1.54) is 12.1 Å². The summed E-state index contributed by atoms with van der Waals surface area (Å²) in [6.07, 6.45) is 0.818. The van der Waals surface area contributed by atoms with Gasteiger partial charge in [0.25, 0.3) is 0 Å². The molecule has 0 aliphatic carbocycles. The molecule has 0 bridgehead atoms. The number of aryl methyl sites for hydroxylation is 1. The average Bonchev–Trinajstić information content (AvgIpc) is 2.44. The molecule has 3 heteroatoms. The van der Waals surface area contributed by atoms with Crippen LogP contribution in [0.2, 0.25) is 0 Å². The van der Waals surface area contributed by atoms with E-state index in [1.807, 2.05) is 13.0 Å². The van der Waals surface area contributed by atoms with Crippen molar-refractivity contribution in [2.24, 2.45) is 0 Å². The molecule has 0 saturated carbocycles. The molecule has 1 nitrogen and oxygen atoms in total. The molecule has 0 spiro atoms. The van der Waals surface area contributed by atoms with Crippen LogP contribution in [0.15, 0.2) is 42.5 Å². The van der Waals surface area contributed by atoms with E-state index in [0.717, 1.165) is 24.1 Å². The van der Waals surface area contributed by atoms with E-state index in [1.54, 1.807) is 31.2 Å². The second-order valence-corrected chi connectivity index (χ2v) is 5.06. The largest absolute Gasteiger partial charge is 0.310 e. The van der Waals surface area contributed by atoms with E-state index in [4.69, 9.17) is 0 Å². The Morgan fingerprint density at radius 2 is 1.75 bits per heavy atom. The van der Waals surface area contributed by atoms with E-state index in [2.05, 4.69) is 5.32 Å². The van der Waals surface area contributed by atoms with Crippen LogP contribution in [0.1, 0.15) is 29.7 Å². The molecule has 2 aromatic carbocycles. The quantitative estimate of drug-likeness (QED) is 0.863. The maximum atomic E-state index is 13.5. The summed E-state index contributed by atoms with van der Waals surface area (Å²) in [6.45, 7) is 4.53. The van der Waals surface area contributed by atoms with E-state index in [0.29, 0.717) is 5.56 Å². The Morgan fingerprint density at radius 1 is 1.05 bits per heavy atom. The normalized spacial score (nSPS) is 12.4. The summed E-state index contributed by atoms with van der Waals surface area (Å²) >= 11 is 0. The summed E-state index contributed by atoms with van der Waals surface area (Å²) < 4.78 is 26.3. The number of rotatable bonds is 5. The van der Waals surface area contributed by atoms with Crippen LogP contribution in [-0.2, 0) is 6.42 Å². The van der Waals surface area contributed by atoms with Gasteiger partial charge in [0.05, 0.1) is 0 Å². The lowest BCUT2D eigenvalue weighted by molar-refractivity contribution is 0.564. The predicted octanol–water partition coefficient (Wildman–Crippen LogP) is 4.17. The smallest absolute Gasteiger partial charge is 0.126 e. The maximum Gasteiger partial charge on any atom is 0.126 e. The molecular formula is C17H19F2N. The van der Waals surface area contributed by atoms with Gasteiger partial charge in [0.15, 0.2) is 0 Å². The van der Waals surface area contributed by atoms with E-state index < -0.39 is 0 Å². The Balaban J connectivity index is 1.87. The van der Waals surface area contributed by atoms with E-state index >= 15 is 0 Å². The maximum absolute atomic E-state index is 13.5. The van der Waals surface area contributed by atoms with Gasteiger partial charge < -0.3 is 5.32 Å². The third-order valence-electron chi connectivity index (χ3n) is 3.47. The minimum atomic E-state index is -0.217. The zero-order valence-corrected chi connectivity index (χ0v) is 11.8. The van der Waals surface area contributed by atoms with Gasteiger partial charge in [-0.3, -0.25) is 0 Å². The second kappa shape index (κ2) is 6.62. The Hall–Kier alpha value is -1.74. The Labute approximate surface area is 118 Å². The molecule has 1 unspecified atom stereocenters. The molecule has 0 aliphatic rings. The minimum Gasteiger partial charge on any atom is -0.310 e. The van der Waals surface area contributed by atoms with Gasteiger partial charge in [-0.1, -0.05) is 24.3 Å². The Kier molecular flexibility index (Phi) is 4.85. The molecule has 20 heavy (non-hydrogen) atoms. The first-order chi connectivity index (χ1) is 9.56. The molecule has 1 atom stereocenters. The van der Waals surface area contributed by atoms with E-state index in [9.17, 15) is 8.78 Å².